The van der Waals surface area contributed by atoms with Gasteiger partial charge in [-0.2, -0.15) is 0 Å². The van der Waals surface area contributed by atoms with Gasteiger partial charge < -0.3 is 14.9 Å². The van der Waals surface area contributed by atoms with Crippen molar-refractivity contribution >= 4 is 17.3 Å². The van der Waals surface area contributed by atoms with Crippen molar-refractivity contribution in [3.05, 3.63) is 55.6 Å². The van der Waals surface area contributed by atoms with Gasteiger partial charge in [-0.1, -0.05) is 11.6 Å². The van der Waals surface area contributed by atoms with Gasteiger partial charge in [-0.25, -0.2) is 4.79 Å². The van der Waals surface area contributed by atoms with Gasteiger partial charge >= 0.3 is 5.97 Å². The lowest BCUT2D eigenvalue weighted by molar-refractivity contribution is -0.394. The molecule has 0 saturated carbocycles. The van der Waals surface area contributed by atoms with Crippen molar-refractivity contribution in [1.82, 2.24) is 0 Å². The number of non-ortho nitro benzene ring substituents is 2. The Morgan fingerprint density at radius 1 is 1.22 bits per heavy atom. The summed E-state index contributed by atoms with van der Waals surface area (Å²) in [6, 6.07) is 2.41. The largest absolute Gasteiger partial charge is 0.459 e. The lowest BCUT2D eigenvalue weighted by atomic mass is 9.93. The number of rotatable bonds is 9. The van der Waals surface area contributed by atoms with Gasteiger partial charge in [-0.15, -0.1) is 0 Å². The number of benzene rings is 1. The summed E-state index contributed by atoms with van der Waals surface area (Å²) in [6.45, 7) is 4.61. The molecular weight excluding hydrogens is 360 g/mol. The topological polar surface area (TPSA) is 153 Å². The summed E-state index contributed by atoms with van der Waals surface area (Å²) < 4.78 is 4.86. The van der Waals surface area contributed by atoms with Crippen molar-refractivity contribution in [1.29, 1.82) is 0 Å². The second-order valence-corrected chi connectivity index (χ2v) is 6.54. The van der Waals surface area contributed by atoms with Crippen LogP contribution in [-0.4, -0.2) is 44.3 Å². The molecule has 0 heterocycles. The molecule has 0 aliphatic rings. The van der Waals surface area contributed by atoms with Crippen molar-refractivity contribution in [3.8, 4) is 0 Å². The number of aliphatic hydroxyl groups is 2. The van der Waals surface area contributed by atoms with Crippen molar-refractivity contribution in [2.75, 3.05) is 6.61 Å². The molecule has 0 aliphatic carbocycles. The van der Waals surface area contributed by atoms with Gasteiger partial charge in [-0.3, -0.25) is 20.2 Å². The maximum Gasteiger partial charge on any atom is 0.338 e. The average molecular weight is 382 g/mol. The van der Waals surface area contributed by atoms with E-state index in [2.05, 4.69) is 0 Å². The van der Waals surface area contributed by atoms with Gasteiger partial charge in [0.1, 0.15) is 12.7 Å². The fourth-order valence-corrected chi connectivity index (χ4v) is 2.16. The Kier molecular flexibility index (Phi) is 7.56. The van der Waals surface area contributed by atoms with Gasteiger partial charge in [0.05, 0.1) is 27.1 Å². The summed E-state index contributed by atoms with van der Waals surface area (Å²) in [7, 11) is 0. The molecule has 10 heteroatoms. The van der Waals surface area contributed by atoms with Crippen molar-refractivity contribution < 1.29 is 29.6 Å². The molecule has 0 radical (unpaired) electrons. The number of nitrogens with zero attached hydrogens (tertiary/aromatic N) is 2. The number of nitro groups is 2. The number of hydrogen-bond acceptors (Lipinski definition) is 8. The molecule has 0 amide bonds. The van der Waals surface area contributed by atoms with Crippen LogP contribution in [0.1, 0.15) is 44.0 Å². The highest BCUT2D eigenvalue weighted by Crippen LogP contribution is 2.24. The smallest absolute Gasteiger partial charge is 0.338 e. The Morgan fingerprint density at radius 2 is 1.74 bits per heavy atom. The monoisotopic (exact) mass is 382 g/mol. The lowest BCUT2D eigenvalue weighted by Gasteiger charge is -2.28. The zero-order valence-electron chi connectivity index (χ0n) is 15.2. The van der Waals surface area contributed by atoms with Crippen LogP contribution >= 0.6 is 0 Å². The number of aliphatic hydroxyl groups excluding tert-OH is 1. The minimum absolute atomic E-state index is 0.221. The second-order valence-electron chi connectivity index (χ2n) is 6.54. The molecule has 0 aromatic heterocycles. The molecule has 1 aromatic rings. The third-order valence-corrected chi connectivity index (χ3v) is 3.85. The van der Waals surface area contributed by atoms with Crippen LogP contribution < -0.4 is 0 Å². The summed E-state index contributed by atoms with van der Waals surface area (Å²) in [5.74, 6) is -1.08. The zero-order valence-corrected chi connectivity index (χ0v) is 15.2. The van der Waals surface area contributed by atoms with Crippen LogP contribution in [0.15, 0.2) is 29.8 Å². The van der Waals surface area contributed by atoms with E-state index in [1.54, 1.807) is 0 Å². The van der Waals surface area contributed by atoms with E-state index in [1.165, 1.54) is 6.92 Å². The normalized spacial score (nSPS) is 14.0. The first-order chi connectivity index (χ1) is 12.4. The van der Waals surface area contributed by atoms with Crippen LogP contribution in [0.4, 0.5) is 11.4 Å². The fraction of sp³-hybridized carbons (Fsp3) is 0.471. The van der Waals surface area contributed by atoms with Crippen LogP contribution in [0, 0.1) is 20.2 Å². The minimum atomic E-state index is -1.53. The number of nitro benzene ring substituents is 2. The highest BCUT2D eigenvalue weighted by molar-refractivity contribution is 5.91. The molecule has 2 atom stereocenters. The summed E-state index contributed by atoms with van der Waals surface area (Å²) in [4.78, 5) is 32.0. The van der Waals surface area contributed by atoms with E-state index in [1.807, 2.05) is 19.9 Å². The molecule has 0 fully saturated rings. The summed E-state index contributed by atoms with van der Waals surface area (Å²) >= 11 is 0. The van der Waals surface area contributed by atoms with Crippen molar-refractivity contribution in [3.63, 3.8) is 0 Å². The van der Waals surface area contributed by atoms with Crippen LogP contribution in [0.2, 0.25) is 0 Å². The van der Waals surface area contributed by atoms with E-state index in [4.69, 9.17) is 4.74 Å². The Bertz CT molecular complexity index is 721. The van der Waals surface area contributed by atoms with Gasteiger partial charge in [0.25, 0.3) is 11.4 Å². The minimum Gasteiger partial charge on any atom is -0.459 e. The molecule has 10 nitrogen and oxygen atoms in total. The number of carbonyl (C=O) groups excluding carboxylic acids is 1. The molecule has 2 N–H and O–H groups in total. The van der Waals surface area contributed by atoms with Gasteiger partial charge in [0, 0.05) is 12.1 Å². The number of esters is 1. The SMILES string of the molecule is CC(C)=CCC[C@](C)(O)[C@@H](O)COC(=O)c1cc([N+](=O)[O-])cc([N+](=O)[O-])c1. The van der Waals surface area contributed by atoms with Crippen molar-refractivity contribution in [2.24, 2.45) is 0 Å². The molecular formula is C17H22N2O8. The van der Waals surface area contributed by atoms with Crippen LogP contribution in [0.5, 0.6) is 0 Å². The Hall–Kier alpha value is -2.85. The predicted molar refractivity (Wildman–Crippen MR) is 95.3 cm³/mol. The van der Waals surface area contributed by atoms with Crippen LogP contribution in [0.3, 0.4) is 0 Å². The molecule has 0 bridgehead atoms. The molecule has 0 spiro atoms. The molecule has 1 aromatic carbocycles. The van der Waals surface area contributed by atoms with E-state index in [-0.39, 0.29) is 6.42 Å². The zero-order chi connectivity index (χ0) is 20.8. The van der Waals surface area contributed by atoms with E-state index >= 15 is 0 Å². The van der Waals surface area contributed by atoms with Gasteiger partial charge in [-0.05, 0) is 33.6 Å². The summed E-state index contributed by atoms with van der Waals surface area (Å²) in [6.07, 6.45) is 1.21. The molecule has 148 valence electrons. The first kappa shape index (κ1) is 22.2. The predicted octanol–water partition coefficient (Wildman–Crippen LogP) is 2.52. The maximum absolute atomic E-state index is 12.1. The van der Waals surface area contributed by atoms with E-state index in [0.29, 0.717) is 6.42 Å². The third-order valence-electron chi connectivity index (χ3n) is 3.85. The first-order valence-corrected chi connectivity index (χ1v) is 8.09. The van der Waals surface area contributed by atoms with Gasteiger partial charge in [0.2, 0.25) is 0 Å². The molecule has 0 aliphatic heterocycles. The number of carbonyl (C=O) groups is 1. The maximum atomic E-state index is 12.1. The van der Waals surface area contributed by atoms with E-state index in [9.17, 15) is 35.2 Å². The fourth-order valence-electron chi connectivity index (χ4n) is 2.16. The number of ether oxygens (including phenoxy) is 1. The average Bonchev–Trinajstić information content (AvgIpc) is 2.58. The Balaban J connectivity index is 2.83. The number of allylic oxidation sites excluding steroid dienone is 2. The molecule has 27 heavy (non-hydrogen) atoms. The number of hydrogen-bond donors (Lipinski definition) is 2. The Morgan fingerprint density at radius 3 is 2.19 bits per heavy atom. The standard InChI is InChI=1S/C17H22N2O8/c1-11(2)5-4-6-17(3,22)15(20)10-27-16(21)12-7-13(18(23)24)9-14(8-12)19(25)26/h5,7-9,15,20,22H,4,6,10H2,1-3H3/t15-,17-/m0/s1. The molecule has 1 rings (SSSR count). The molecule has 0 unspecified atom stereocenters. The van der Waals surface area contributed by atoms with Gasteiger partial charge in [0.15, 0.2) is 0 Å². The van der Waals surface area contributed by atoms with E-state index in [0.717, 1.165) is 23.8 Å². The van der Waals surface area contributed by atoms with E-state index < -0.39 is 51.1 Å². The second kappa shape index (κ2) is 9.19. The molecule has 0 saturated heterocycles. The third kappa shape index (κ3) is 6.76. The van der Waals surface area contributed by atoms with Crippen LogP contribution in [-0.2, 0) is 4.74 Å². The summed E-state index contributed by atoms with van der Waals surface area (Å²) in [5, 5.41) is 42.0. The first-order valence-electron chi connectivity index (χ1n) is 8.09. The highest BCUT2D eigenvalue weighted by Gasteiger charge is 2.31. The van der Waals surface area contributed by atoms with Crippen LogP contribution in [0.25, 0.3) is 0 Å². The Labute approximate surface area is 155 Å². The van der Waals surface area contributed by atoms with Crippen molar-refractivity contribution in [2.45, 2.75) is 45.3 Å². The highest BCUT2D eigenvalue weighted by atomic mass is 16.6. The lowest BCUT2D eigenvalue weighted by Crippen LogP contribution is -2.42. The quantitative estimate of drug-likeness (QED) is 0.286. The summed E-state index contributed by atoms with van der Waals surface area (Å²) in [5.41, 5.74) is -2.14.